The van der Waals surface area contributed by atoms with Gasteiger partial charge in [0.15, 0.2) is 0 Å². The second-order valence-electron chi connectivity index (χ2n) is 9.34. The number of morpholine rings is 1. The summed E-state index contributed by atoms with van der Waals surface area (Å²) in [5.74, 6) is 2.56. The van der Waals surface area contributed by atoms with Gasteiger partial charge in [0.25, 0.3) is 0 Å². The number of ether oxygens (including phenoxy) is 2. The molecule has 1 aromatic carbocycles. The van der Waals surface area contributed by atoms with Gasteiger partial charge in [-0.1, -0.05) is 6.58 Å². The van der Waals surface area contributed by atoms with Crippen molar-refractivity contribution in [2.75, 3.05) is 80.7 Å². The number of carbonyl (C=O) groups excluding carboxylic acids is 1. The van der Waals surface area contributed by atoms with Crippen LogP contribution in [0.25, 0.3) is 0 Å². The van der Waals surface area contributed by atoms with E-state index in [0.29, 0.717) is 25.9 Å². The van der Waals surface area contributed by atoms with Crippen molar-refractivity contribution in [1.29, 1.82) is 0 Å². The van der Waals surface area contributed by atoms with Gasteiger partial charge in [-0.05, 0) is 24.3 Å². The van der Waals surface area contributed by atoms with Crippen molar-refractivity contribution in [3.05, 3.63) is 42.7 Å². The van der Waals surface area contributed by atoms with Crippen LogP contribution in [-0.4, -0.2) is 97.3 Å². The molecule has 0 bridgehead atoms. The number of nitrogens with one attached hydrogen (secondary N) is 1. The minimum Gasteiger partial charge on any atom is -0.486 e. The van der Waals surface area contributed by atoms with E-state index in [-0.39, 0.29) is 5.91 Å². The van der Waals surface area contributed by atoms with Gasteiger partial charge < -0.3 is 29.5 Å². The zero-order valence-electron chi connectivity index (χ0n) is 19.9. The Morgan fingerprint density at radius 2 is 1.86 bits per heavy atom. The lowest BCUT2D eigenvalue weighted by molar-refractivity contribution is -0.133. The van der Waals surface area contributed by atoms with Crippen molar-refractivity contribution in [2.24, 2.45) is 0 Å². The molecule has 0 aliphatic carbocycles. The number of nitrogens with zero attached hydrogens (tertiary/aromatic N) is 6. The quantitative estimate of drug-likeness (QED) is 0.658. The van der Waals surface area contributed by atoms with Gasteiger partial charge in [-0.25, -0.2) is 9.97 Å². The monoisotopic (exact) mass is 477 g/mol. The van der Waals surface area contributed by atoms with Crippen LogP contribution in [0.2, 0.25) is 0 Å². The van der Waals surface area contributed by atoms with Gasteiger partial charge in [0, 0.05) is 64.1 Å². The number of amides is 1. The molecular weight excluding hydrogens is 446 g/mol. The molecule has 35 heavy (non-hydrogen) atoms. The molecule has 5 heterocycles. The summed E-state index contributed by atoms with van der Waals surface area (Å²) in [7, 11) is 0. The summed E-state index contributed by atoms with van der Waals surface area (Å²) in [5.41, 5.74) is 3.07. The number of carbonyl (C=O) groups is 1. The van der Waals surface area contributed by atoms with Gasteiger partial charge in [0.2, 0.25) is 5.91 Å². The van der Waals surface area contributed by atoms with Crippen molar-refractivity contribution in [3.8, 4) is 5.75 Å². The predicted molar refractivity (Wildman–Crippen MR) is 133 cm³/mol. The Kier molecular flexibility index (Phi) is 5.91. The molecule has 1 aromatic heterocycles. The zero-order chi connectivity index (χ0) is 23.8. The highest BCUT2D eigenvalue weighted by atomic mass is 16.5. The molecule has 2 aromatic rings. The first-order valence-corrected chi connectivity index (χ1v) is 12.3. The first-order valence-electron chi connectivity index (χ1n) is 12.3. The van der Waals surface area contributed by atoms with Gasteiger partial charge in [-0.3, -0.25) is 9.69 Å². The predicted octanol–water partition coefficient (Wildman–Crippen LogP) is 1.47. The van der Waals surface area contributed by atoms with E-state index in [2.05, 4.69) is 48.7 Å². The fourth-order valence-corrected chi connectivity index (χ4v) is 5.25. The number of hydrogen-bond donors (Lipinski definition) is 1. The summed E-state index contributed by atoms with van der Waals surface area (Å²) in [6.07, 6.45) is 3.02. The highest BCUT2D eigenvalue weighted by molar-refractivity contribution is 5.87. The third kappa shape index (κ3) is 4.28. The maximum absolute atomic E-state index is 11.7. The molecule has 0 saturated carbocycles. The van der Waals surface area contributed by atoms with Crippen LogP contribution in [0.15, 0.2) is 37.2 Å². The van der Waals surface area contributed by atoms with Gasteiger partial charge in [0.1, 0.15) is 30.3 Å². The van der Waals surface area contributed by atoms with Crippen molar-refractivity contribution in [1.82, 2.24) is 19.8 Å². The second-order valence-corrected chi connectivity index (χ2v) is 9.34. The van der Waals surface area contributed by atoms with E-state index in [1.54, 1.807) is 6.33 Å². The fourth-order valence-electron chi connectivity index (χ4n) is 5.25. The van der Waals surface area contributed by atoms with Crippen LogP contribution >= 0.6 is 0 Å². The summed E-state index contributed by atoms with van der Waals surface area (Å²) in [6.45, 7) is 12.5. The average molecular weight is 478 g/mol. The van der Waals surface area contributed by atoms with Crippen LogP contribution < -0.4 is 19.9 Å². The highest BCUT2D eigenvalue weighted by Gasteiger charge is 2.35. The van der Waals surface area contributed by atoms with E-state index >= 15 is 0 Å². The molecule has 0 radical (unpaired) electrons. The van der Waals surface area contributed by atoms with Crippen molar-refractivity contribution in [2.45, 2.75) is 12.6 Å². The first-order chi connectivity index (χ1) is 17.2. The molecule has 3 fully saturated rings. The molecule has 0 atom stereocenters. The molecule has 4 aliphatic heterocycles. The molecular formula is C25H31N7O3. The van der Waals surface area contributed by atoms with E-state index in [4.69, 9.17) is 9.47 Å². The van der Waals surface area contributed by atoms with Gasteiger partial charge in [-0.2, -0.15) is 0 Å². The van der Waals surface area contributed by atoms with Gasteiger partial charge in [0.05, 0.1) is 24.5 Å². The first kappa shape index (κ1) is 22.1. The van der Waals surface area contributed by atoms with Gasteiger partial charge in [-0.15, -0.1) is 0 Å². The molecule has 4 aliphatic rings. The average Bonchev–Trinajstić information content (AvgIpc) is 3.07. The molecule has 6 rings (SSSR count). The largest absolute Gasteiger partial charge is 0.486 e. The van der Waals surface area contributed by atoms with E-state index in [0.717, 1.165) is 81.0 Å². The molecule has 0 unspecified atom stereocenters. The van der Waals surface area contributed by atoms with Crippen molar-refractivity contribution >= 4 is 28.9 Å². The second kappa shape index (κ2) is 9.35. The smallest absolute Gasteiger partial charge is 0.246 e. The number of aromatic nitrogens is 2. The number of hydrogen-bond acceptors (Lipinski definition) is 9. The number of benzene rings is 1. The van der Waals surface area contributed by atoms with Crippen molar-refractivity contribution in [3.63, 3.8) is 0 Å². The molecule has 1 amide bonds. The standard InChI is InChI=1S/C25H31N7O3/c1-2-23(33)32-14-19(15-32)30-7-5-29(6-8-30)18-3-4-22-21(13-18)28-24-20(16-35-22)25(27-17-26-24)31-9-11-34-12-10-31/h2-4,13,17,19H,1,5-12,14-16H2,(H,26,27,28). The number of likely N-dealkylation sites (tertiary alicyclic amines) is 1. The maximum Gasteiger partial charge on any atom is 0.246 e. The lowest BCUT2D eigenvalue weighted by Crippen LogP contribution is -2.64. The van der Waals surface area contributed by atoms with Crippen LogP contribution in [0.1, 0.15) is 5.56 Å². The third-order valence-electron chi connectivity index (χ3n) is 7.37. The SMILES string of the molecule is C=CC(=O)N1CC(N2CCN(c3ccc4c(c3)Nc3ncnc(N5CCOCC5)c3CO4)CC2)C1. The number of rotatable bonds is 4. The Balaban J connectivity index is 1.13. The number of fused-ring (bicyclic) bond motifs is 2. The topological polar surface area (TPSA) is 86.3 Å². The fraction of sp³-hybridized carbons (Fsp3) is 0.480. The molecule has 10 heteroatoms. The Morgan fingerprint density at radius 1 is 1.06 bits per heavy atom. The lowest BCUT2D eigenvalue weighted by atomic mass is 10.1. The lowest BCUT2D eigenvalue weighted by Gasteiger charge is -2.48. The Bertz CT molecular complexity index is 1110. The van der Waals surface area contributed by atoms with Crippen LogP contribution in [0.3, 0.4) is 0 Å². The minimum atomic E-state index is 0.0310. The Morgan fingerprint density at radius 3 is 2.63 bits per heavy atom. The summed E-state index contributed by atoms with van der Waals surface area (Å²) in [6, 6.07) is 6.79. The zero-order valence-corrected chi connectivity index (χ0v) is 19.9. The minimum absolute atomic E-state index is 0.0310. The maximum atomic E-state index is 11.7. The Labute approximate surface area is 205 Å². The number of anilines is 4. The highest BCUT2D eigenvalue weighted by Crippen LogP contribution is 2.38. The normalized spacial score (nSPS) is 20.6. The van der Waals surface area contributed by atoms with E-state index in [1.165, 1.54) is 11.8 Å². The summed E-state index contributed by atoms with van der Waals surface area (Å²) in [4.78, 5) is 29.8. The molecule has 10 nitrogen and oxygen atoms in total. The van der Waals surface area contributed by atoms with Crippen molar-refractivity contribution < 1.29 is 14.3 Å². The van der Waals surface area contributed by atoms with E-state index in [9.17, 15) is 4.79 Å². The summed E-state index contributed by atoms with van der Waals surface area (Å²) >= 11 is 0. The van der Waals surface area contributed by atoms with E-state index < -0.39 is 0 Å². The van der Waals surface area contributed by atoms with E-state index in [1.807, 2.05) is 11.0 Å². The molecule has 184 valence electrons. The summed E-state index contributed by atoms with van der Waals surface area (Å²) in [5, 5.41) is 3.51. The Hall–Kier alpha value is -3.37. The van der Waals surface area contributed by atoms with Crippen LogP contribution in [-0.2, 0) is 16.1 Å². The van der Waals surface area contributed by atoms with Crippen LogP contribution in [0.5, 0.6) is 5.75 Å². The van der Waals surface area contributed by atoms with Gasteiger partial charge >= 0.3 is 0 Å². The molecule has 3 saturated heterocycles. The van der Waals surface area contributed by atoms with Crippen LogP contribution in [0, 0.1) is 0 Å². The number of piperazine rings is 1. The molecule has 1 N–H and O–H groups in total. The third-order valence-corrected chi connectivity index (χ3v) is 7.37. The molecule has 0 spiro atoms. The summed E-state index contributed by atoms with van der Waals surface area (Å²) < 4.78 is 11.7. The van der Waals surface area contributed by atoms with Crippen LogP contribution in [0.4, 0.5) is 23.0 Å².